The second-order valence-corrected chi connectivity index (χ2v) is 8.68. The molecule has 0 spiro atoms. The molecule has 2 aliphatic rings. The fourth-order valence-electron chi connectivity index (χ4n) is 4.46. The molecule has 0 unspecified atom stereocenters. The Morgan fingerprint density at radius 2 is 1.81 bits per heavy atom. The highest BCUT2D eigenvalue weighted by Crippen LogP contribution is 2.21. The van der Waals surface area contributed by atoms with Crippen molar-refractivity contribution in [1.29, 1.82) is 0 Å². The molecule has 7 nitrogen and oxygen atoms in total. The molecule has 4 rings (SSSR count). The number of benzene rings is 2. The lowest BCUT2D eigenvalue weighted by atomic mass is 9.95. The van der Waals surface area contributed by atoms with Crippen molar-refractivity contribution in [2.45, 2.75) is 31.5 Å². The molecule has 32 heavy (non-hydrogen) atoms. The minimum atomic E-state index is -0.0391. The molecular weight excluding hydrogens is 402 g/mol. The number of carbonyl (C=O) groups excluding carboxylic acids is 1. The number of anilines is 1. The summed E-state index contributed by atoms with van der Waals surface area (Å²) in [5.41, 5.74) is 2.89. The van der Waals surface area contributed by atoms with Gasteiger partial charge in [0.05, 0.1) is 7.11 Å². The summed E-state index contributed by atoms with van der Waals surface area (Å²) in [7, 11) is 1.68. The number of hydrogen-bond acceptors (Lipinski definition) is 6. The molecule has 7 heteroatoms. The fraction of sp³-hybridized carbons (Fsp3) is 0.480. The van der Waals surface area contributed by atoms with E-state index in [1.807, 2.05) is 36.4 Å². The van der Waals surface area contributed by atoms with E-state index in [1.54, 1.807) is 7.11 Å². The van der Waals surface area contributed by atoms with E-state index in [9.17, 15) is 4.79 Å². The van der Waals surface area contributed by atoms with Crippen LogP contribution in [0.2, 0.25) is 0 Å². The topological polar surface area (TPSA) is 86.5 Å². The Bertz CT molecular complexity index is 859. The predicted molar refractivity (Wildman–Crippen MR) is 128 cm³/mol. The number of piperidine rings is 1. The van der Waals surface area contributed by atoms with Gasteiger partial charge in [-0.2, -0.15) is 0 Å². The molecule has 0 bridgehead atoms. The van der Waals surface area contributed by atoms with Gasteiger partial charge in [-0.15, -0.1) is 0 Å². The SMILES string of the molecule is COc1ccc(C2CNC(Nc3cccc(C(=O)NCCC4CCNCC4)c3)NC2)cc1. The number of ether oxygens (including phenoxy) is 1. The van der Waals surface area contributed by atoms with Crippen molar-refractivity contribution >= 4 is 11.6 Å². The first-order valence-electron chi connectivity index (χ1n) is 11.7. The summed E-state index contributed by atoms with van der Waals surface area (Å²) in [6.07, 6.45) is 3.42. The number of rotatable bonds is 8. The third kappa shape index (κ3) is 6.22. The molecule has 172 valence electrons. The lowest BCUT2D eigenvalue weighted by Crippen LogP contribution is -2.55. The van der Waals surface area contributed by atoms with Crippen molar-refractivity contribution in [2.75, 3.05) is 45.2 Å². The van der Waals surface area contributed by atoms with Crippen LogP contribution in [-0.4, -0.2) is 52.0 Å². The number of amides is 1. The molecule has 5 N–H and O–H groups in total. The highest BCUT2D eigenvalue weighted by atomic mass is 16.5. The molecule has 0 radical (unpaired) electrons. The molecule has 2 aliphatic heterocycles. The van der Waals surface area contributed by atoms with Crippen LogP contribution >= 0.6 is 0 Å². The Balaban J connectivity index is 1.23. The minimum Gasteiger partial charge on any atom is -0.497 e. The van der Waals surface area contributed by atoms with Gasteiger partial charge in [0.2, 0.25) is 0 Å². The number of methoxy groups -OCH3 is 1. The number of carbonyl (C=O) groups is 1. The maximum Gasteiger partial charge on any atom is 0.251 e. The van der Waals surface area contributed by atoms with Crippen LogP contribution in [0.3, 0.4) is 0 Å². The molecule has 2 saturated heterocycles. The van der Waals surface area contributed by atoms with Crippen LogP contribution in [0.25, 0.3) is 0 Å². The van der Waals surface area contributed by atoms with Crippen molar-refractivity contribution in [3.63, 3.8) is 0 Å². The van der Waals surface area contributed by atoms with Crippen LogP contribution in [0.1, 0.15) is 41.1 Å². The maximum absolute atomic E-state index is 12.6. The number of nitrogens with one attached hydrogen (secondary N) is 5. The molecule has 2 aromatic rings. The van der Waals surface area contributed by atoms with Crippen molar-refractivity contribution in [2.24, 2.45) is 5.92 Å². The molecule has 0 aromatic heterocycles. The van der Waals surface area contributed by atoms with E-state index in [4.69, 9.17) is 4.74 Å². The second kappa shape index (κ2) is 11.3. The van der Waals surface area contributed by atoms with E-state index in [0.717, 1.165) is 56.5 Å². The zero-order valence-corrected chi connectivity index (χ0v) is 18.8. The van der Waals surface area contributed by atoms with Gasteiger partial charge in [-0.1, -0.05) is 18.2 Å². The van der Waals surface area contributed by atoms with E-state index >= 15 is 0 Å². The van der Waals surface area contributed by atoms with Crippen molar-refractivity contribution < 1.29 is 9.53 Å². The summed E-state index contributed by atoms with van der Waals surface area (Å²) < 4.78 is 5.24. The average Bonchev–Trinajstić information content (AvgIpc) is 2.85. The van der Waals surface area contributed by atoms with Crippen LogP contribution in [0.5, 0.6) is 5.75 Å². The minimum absolute atomic E-state index is 0.00767. The van der Waals surface area contributed by atoms with Gasteiger partial charge in [0, 0.05) is 36.8 Å². The predicted octanol–water partition coefficient (Wildman–Crippen LogP) is 2.49. The Kier molecular flexibility index (Phi) is 7.98. The van der Waals surface area contributed by atoms with Crippen molar-refractivity contribution in [3.05, 3.63) is 59.7 Å². The normalized spacial score (nSPS) is 21.7. The standard InChI is InChI=1S/C25H35N5O2/c1-32-23-7-5-19(6-8-23)21-16-28-25(29-17-21)30-22-4-2-3-20(15-22)24(31)27-14-11-18-9-12-26-13-10-18/h2-8,15,18,21,25-26,28-30H,9-14,16-17H2,1H3,(H,27,31). The van der Waals surface area contributed by atoms with E-state index < -0.39 is 0 Å². The summed E-state index contributed by atoms with van der Waals surface area (Å²) >= 11 is 0. The van der Waals surface area contributed by atoms with Crippen LogP contribution in [0.15, 0.2) is 48.5 Å². The van der Waals surface area contributed by atoms with Gasteiger partial charge in [-0.3, -0.25) is 15.4 Å². The third-order valence-corrected chi connectivity index (χ3v) is 6.46. The van der Waals surface area contributed by atoms with Gasteiger partial charge in [0.25, 0.3) is 5.91 Å². The smallest absolute Gasteiger partial charge is 0.251 e. The van der Waals surface area contributed by atoms with E-state index in [-0.39, 0.29) is 12.2 Å². The fourth-order valence-corrected chi connectivity index (χ4v) is 4.46. The largest absolute Gasteiger partial charge is 0.497 e. The second-order valence-electron chi connectivity index (χ2n) is 8.68. The summed E-state index contributed by atoms with van der Waals surface area (Å²) in [5, 5.41) is 16.9. The zero-order valence-electron chi connectivity index (χ0n) is 18.8. The van der Waals surface area contributed by atoms with Crippen LogP contribution in [0.4, 0.5) is 5.69 Å². The average molecular weight is 438 g/mol. The van der Waals surface area contributed by atoms with Gasteiger partial charge < -0.3 is 20.7 Å². The highest BCUT2D eigenvalue weighted by Gasteiger charge is 2.21. The first kappa shape index (κ1) is 22.6. The van der Waals surface area contributed by atoms with Gasteiger partial charge in [0.1, 0.15) is 12.0 Å². The van der Waals surface area contributed by atoms with Gasteiger partial charge >= 0.3 is 0 Å². The monoisotopic (exact) mass is 437 g/mol. The molecule has 2 heterocycles. The van der Waals surface area contributed by atoms with Gasteiger partial charge in [-0.25, -0.2) is 0 Å². The first-order chi connectivity index (χ1) is 15.7. The van der Waals surface area contributed by atoms with E-state index in [0.29, 0.717) is 11.5 Å². The Hall–Kier alpha value is -2.61. The molecule has 2 fully saturated rings. The van der Waals surface area contributed by atoms with Crippen molar-refractivity contribution in [1.82, 2.24) is 21.3 Å². The van der Waals surface area contributed by atoms with E-state index in [1.165, 1.54) is 18.4 Å². The summed E-state index contributed by atoms with van der Waals surface area (Å²) in [4.78, 5) is 12.6. The highest BCUT2D eigenvalue weighted by molar-refractivity contribution is 5.95. The maximum atomic E-state index is 12.6. The molecule has 0 aliphatic carbocycles. The molecular formula is C25H35N5O2. The van der Waals surface area contributed by atoms with Crippen LogP contribution in [-0.2, 0) is 0 Å². The molecule has 0 saturated carbocycles. The first-order valence-corrected chi connectivity index (χ1v) is 11.7. The Morgan fingerprint density at radius 1 is 1.06 bits per heavy atom. The van der Waals surface area contributed by atoms with Crippen molar-refractivity contribution in [3.8, 4) is 5.75 Å². The summed E-state index contributed by atoms with van der Waals surface area (Å²) in [5.74, 6) is 1.98. The Labute approximate surface area is 190 Å². The lowest BCUT2D eigenvalue weighted by molar-refractivity contribution is 0.0950. The lowest BCUT2D eigenvalue weighted by Gasteiger charge is -2.32. The van der Waals surface area contributed by atoms with Crippen LogP contribution in [0, 0.1) is 5.92 Å². The molecule has 2 aromatic carbocycles. The third-order valence-electron chi connectivity index (χ3n) is 6.46. The summed E-state index contributed by atoms with van der Waals surface area (Å²) in [6.45, 7) is 4.66. The Morgan fingerprint density at radius 3 is 2.53 bits per heavy atom. The zero-order chi connectivity index (χ0) is 22.2. The molecule has 1 amide bonds. The molecule has 0 atom stereocenters. The van der Waals surface area contributed by atoms with E-state index in [2.05, 4.69) is 38.7 Å². The number of hydrogen-bond donors (Lipinski definition) is 5. The summed E-state index contributed by atoms with van der Waals surface area (Å²) in [6, 6.07) is 15.9. The quantitative estimate of drug-likeness (QED) is 0.436. The van der Waals surface area contributed by atoms with Gasteiger partial charge in [0.15, 0.2) is 0 Å². The van der Waals surface area contributed by atoms with Crippen LogP contribution < -0.4 is 31.3 Å². The van der Waals surface area contributed by atoms with Gasteiger partial charge in [-0.05, 0) is 74.2 Å².